The van der Waals surface area contributed by atoms with E-state index < -0.39 is 0 Å². The third kappa shape index (κ3) is 12.4. The van der Waals surface area contributed by atoms with Crippen molar-refractivity contribution < 1.29 is 4.79 Å². The van der Waals surface area contributed by atoms with Crippen LogP contribution < -0.4 is 5.73 Å². The Balaban J connectivity index is 0. The van der Waals surface area contributed by atoms with Crippen molar-refractivity contribution in [1.82, 2.24) is 0 Å². The van der Waals surface area contributed by atoms with Gasteiger partial charge in [-0.15, -0.1) is 0 Å². The fraction of sp³-hybridized carbons (Fsp3) is 0.773. The summed E-state index contributed by atoms with van der Waals surface area (Å²) < 4.78 is 0. The molecule has 0 heterocycles. The van der Waals surface area contributed by atoms with Gasteiger partial charge in [0.2, 0.25) is 5.91 Å². The normalized spacial score (nSPS) is 16.9. The van der Waals surface area contributed by atoms with Gasteiger partial charge in [-0.1, -0.05) is 76.7 Å². The number of hydrogen-bond acceptors (Lipinski definition) is 1. The maximum absolute atomic E-state index is 10.7. The van der Waals surface area contributed by atoms with E-state index in [9.17, 15) is 4.79 Å². The van der Waals surface area contributed by atoms with Crippen LogP contribution in [0.15, 0.2) is 23.3 Å². The maximum Gasteiger partial charge on any atom is 0.217 e. The molecule has 0 aromatic heterocycles. The molecule has 0 bridgehead atoms. The number of hydrogen-bond donors (Lipinski definition) is 1. The molecule has 1 atom stereocenters. The van der Waals surface area contributed by atoms with Crippen molar-refractivity contribution in [3.63, 3.8) is 0 Å². The monoisotopic (exact) mass is 337 g/mol. The Labute approximate surface area is 152 Å². The number of primary amides is 1. The minimum Gasteiger partial charge on any atom is -0.370 e. The predicted octanol–water partition coefficient (Wildman–Crippen LogP) is 6.80. The van der Waals surface area contributed by atoms with Crippen LogP contribution in [0.2, 0.25) is 0 Å². The minimum atomic E-state index is -0.190. The molecule has 2 N–H and O–H groups in total. The molecule has 0 saturated heterocycles. The summed E-state index contributed by atoms with van der Waals surface area (Å²) in [7, 11) is 0. The number of carbonyl (C=O) groups excluding carboxylic acids is 1. The lowest BCUT2D eigenvalue weighted by Gasteiger charge is -2.22. The standard InChI is InChI=1S/C14H25NO.C7H14.CH4/c1-11(8-9-14(15)16)12(2)10-13-6-4-3-5-7-13;1-5-7(4)6(2)3;/h13H,3-10H2,1-2H3,(H2,15,16);7H,2,5H2,1,3-4H3;1H4/b12-11-;;. The van der Waals surface area contributed by atoms with Crippen LogP contribution >= 0.6 is 0 Å². The molecule has 24 heavy (non-hydrogen) atoms. The van der Waals surface area contributed by atoms with E-state index in [1.165, 1.54) is 61.7 Å². The molecule has 0 spiro atoms. The van der Waals surface area contributed by atoms with Crippen LogP contribution in [0, 0.1) is 11.8 Å². The number of allylic oxidation sites excluding steroid dienone is 3. The molecule has 0 aromatic carbocycles. The summed E-state index contributed by atoms with van der Waals surface area (Å²) in [5, 5.41) is 0. The van der Waals surface area contributed by atoms with Gasteiger partial charge in [0, 0.05) is 6.42 Å². The van der Waals surface area contributed by atoms with E-state index in [1.807, 2.05) is 0 Å². The Bertz CT molecular complexity index is 389. The lowest BCUT2D eigenvalue weighted by molar-refractivity contribution is -0.117. The molecule has 1 aliphatic rings. The number of amides is 1. The third-order valence-corrected chi connectivity index (χ3v) is 5.25. The summed E-state index contributed by atoms with van der Waals surface area (Å²) in [6, 6.07) is 0. The van der Waals surface area contributed by atoms with Crippen molar-refractivity contribution in [3.05, 3.63) is 23.3 Å². The van der Waals surface area contributed by atoms with Crippen LogP contribution in [0.25, 0.3) is 0 Å². The fourth-order valence-electron chi connectivity index (χ4n) is 2.87. The van der Waals surface area contributed by atoms with Crippen LogP contribution in [0.4, 0.5) is 0 Å². The second kappa shape index (κ2) is 14.3. The Hall–Kier alpha value is -1.05. The van der Waals surface area contributed by atoms with E-state index in [-0.39, 0.29) is 13.3 Å². The second-order valence-corrected chi connectivity index (χ2v) is 7.39. The topological polar surface area (TPSA) is 43.1 Å². The summed E-state index contributed by atoms with van der Waals surface area (Å²) in [4.78, 5) is 10.7. The smallest absolute Gasteiger partial charge is 0.217 e. The highest BCUT2D eigenvalue weighted by Crippen LogP contribution is 2.30. The second-order valence-electron chi connectivity index (χ2n) is 7.39. The summed E-state index contributed by atoms with van der Waals surface area (Å²) in [6.07, 6.45) is 10.8. The van der Waals surface area contributed by atoms with Crippen LogP contribution in [-0.2, 0) is 4.79 Å². The van der Waals surface area contributed by atoms with Crippen LogP contribution in [0.5, 0.6) is 0 Å². The van der Waals surface area contributed by atoms with E-state index in [0.29, 0.717) is 12.3 Å². The SMILES string of the molecule is C.C/C(CCC(N)=O)=C(\C)CC1CCCCC1.C=C(C)C(C)CC. The Morgan fingerprint density at radius 1 is 1.08 bits per heavy atom. The average molecular weight is 338 g/mol. The van der Waals surface area contributed by atoms with Crippen molar-refractivity contribution >= 4 is 5.91 Å². The van der Waals surface area contributed by atoms with E-state index in [2.05, 4.69) is 41.2 Å². The molecule has 0 aromatic rings. The highest BCUT2D eigenvalue weighted by atomic mass is 16.1. The minimum absolute atomic E-state index is 0. The lowest BCUT2D eigenvalue weighted by Crippen LogP contribution is -2.10. The van der Waals surface area contributed by atoms with Gasteiger partial charge in [0.15, 0.2) is 0 Å². The van der Waals surface area contributed by atoms with Crippen molar-refractivity contribution in [3.8, 4) is 0 Å². The van der Waals surface area contributed by atoms with Gasteiger partial charge in [-0.3, -0.25) is 4.79 Å². The van der Waals surface area contributed by atoms with Gasteiger partial charge in [-0.05, 0) is 51.9 Å². The molecule has 0 aliphatic heterocycles. The van der Waals surface area contributed by atoms with Gasteiger partial charge in [0.25, 0.3) is 0 Å². The first-order valence-electron chi connectivity index (χ1n) is 9.36. The molecule has 1 unspecified atom stereocenters. The number of rotatable bonds is 7. The lowest BCUT2D eigenvalue weighted by atomic mass is 9.84. The summed E-state index contributed by atoms with van der Waals surface area (Å²) in [6.45, 7) is 14.6. The predicted molar refractivity (Wildman–Crippen MR) is 109 cm³/mol. The van der Waals surface area contributed by atoms with Crippen LogP contribution in [0.3, 0.4) is 0 Å². The summed E-state index contributed by atoms with van der Waals surface area (Å²) in [5.74, 6) is 1.40. The Kier molecular flexibility index (Phi) is 15.0. The molecular weight excluding hydrogens is 294 g/mol. The molecule has 0 radical (unpaired) electrons. The highest BCUT2D eigenvalue weighted by molar-refractivity contribution is 5.73. The van der Waals surface area contributed by atoms with Gasteiger partial charge in [-0.25, -0.2) is 0 Å². The van der Waals surface area contributed by atoms with Gasteiger partial charge < -0.3 is 5.73 Å². The molecule has 142 valence electrons. The van der Waals surface area contributed by atoms with Crippen molar-refractivity contribution in [2.45, 2.75) is 99.8 Å². The number of carbonyl (C=O) groups is 1. The van der Waals surface area contributed by atoms with E-state index in [4.69, 9.17) is 5.73 Å². The molecular formula is C22H43NO. The first-order chi connectivity index (χ1) is 10.8. The van der Waals surface area contributed by atoms with Crippen molar-refractivity contribution in [1.29, 1.82) is 0 Å². The van der Waals surface area contributed by atoms with E-state index in [0.717, 1.165) is 12.3 Å². The first kappa shape index (κ1) is 25.2. The van der Waals surface area contributed by atoms with E-state index in [1.54, 1.807) is 0 Å². The third-order valence-electron chi connectivity index (χ3n) is 5.25. The maximum atomic E-state index is 10.7. The largest absolute Gasteiger partial charge is 0.370 e. The summed E-state index contributed by atoms with van der Waals surface area (Å²) >= 11 is 0. The van der Waals surface area contributed by atoms with Crippen LogP contribution in [-0.4, -0.2) is 5.91 Å². The zero-order valence-electron chi connectivity index (χ0n) is 16.2. The zero-order valence-corrected chi connectivity index (χ0v) is 16.2. The first-order valence-corrected chi connectivity index (χ1v) is 9.36. The van der Waals surface area contributed by atoms with E-state index >= 15 is 0 Å². The average Bonchev–Trinajstić information content (AvgIpc) is 2.53. The Morgan fingerprint density at radius 2 is 1.62 bits per heavy atom. The van der Waals surface area contributed by atoms with Crippen molar-refractivity contribution in [2.24, 2.45) is 17.6 Å². The molecule has 2 heteroatoms. The van der Waals surface area contributed by atoms with Gasteiger partial charge in [-0.2, -0.15) is 0 Å². The Morgan fingerprint density at radius 3 is 2.00 bits per heavy atom. The molecule has 1 saturated carbocycles. The highest BCUT2D eigenvalue weighted by Gasteiger charge is 2.14. The quantitative estimate of drug-likeness (QED) is 0.510. The van der Waals surface area contributed by atoms with Gasteiger partial charge in [0.05, 0.1) is 0 Å². The van der Waals surface area contributed by atoms with Crippen LogP contribution in [0.1, 0.15) is 99.8 Å². The van der Waals surface area contributed by atoms with Gasteiger partial charge >= 0.3 is 0 Å². The number of nitrogens with two attached hydrogens (primary N) is 1. The molecule has 1 aliphatic carbocycles. The molecule has 1 rings (SSSR count). The van der Waals surface area contributed by atoms with Gasteiger partial charge in [0.1, 0.15) is 0 Å². The fourth-order valence-corrected chi connectivity index (χ4v) is 2.87. The van der Waals surface area contributed by atoms with Crippen molar-refractivity contribution in [2.75, 3.05) is 0 Å². The molecule has 1 fully saturated rings. The summed E-state index contributed by atoms with van der Waals surface area (Å²) in [5.41, 5.74) is 9.30. The molecule has 2 nitrogen and oxygen atoms in total. The zero-order chi connectivity index (χ0) is 17.8. The molecule has 1 amide bonds.